The maximum absolute atomic E-state index is 12.7. The van der Waals surface area contributed by atoms with Gasteiger partial charge >= 0.3 is 12.2 Å². The van der Waals surface area contributed by atoms with E-state index in [2.05, 4.69) is 10.3 Å². The minimum atomic E-state index is -4.52. The van der Waals surface area contributed by atoms with Gasteiger partial charge in [-0.15, -0.1) is 0 Å². The summed E-state index contributed by atoms with van der Waals surface area (Å²) in [7, 11) is 0. The fourth-order valence-electron chi connectivity index (χ4n) is 2.51. The summed E-state index contributed by atoms with van der Waals surface area (Å²) in [6.45, 7) is 4.52. The van der Waals surface area contributed by atoms with Crippen LogP contribution in [0.15, 0.2) is 36.4 Å². The molecule has 8 heteroatoms. The standard InChI is InChI=1S/C18H18F3N3O2/c1-11-6-7-13(8-12(11)2)22-17(25)24-9-14(10-24)26-16-5-3-4-15(23-16)18(19,20)21/h3-8,14H,9-10H2,1-2H3,(H,22,25). The number of urea groups is 1. The number of pyridine rings is 1. The second kappa shape index (κ2) is 6.86. The van der Waals surface area contributed by atoms with Crippen LogP contribution >= 0.6 is 0 Å². The molecular weight excluding hydrogens is 347 g/mol. The van der Waals surface area contributed by atoms with Gasteiger partial charge in [0.1, 0.15) is 11.8 Å². The van der Waals surface area contributed by atoms with E-state index in [-0.39, 0.29) is 31.1 Å². The number of aromatic nitrogens is 1. The molecule has 0 aliphatic carbocycles. The Morgan fingerprint density at radius 1 is 1.19 bits per heavy atom. The topological polar surface area (TPSA) is 54.5 Å². The van der Waals surface area contributed by atoms with Crippen molar-refractivity contribution in [3.05, 3.63) is 53.2 Å². The van der Waals surface area contributed by atoms with E-state index in [4.69, 9.17) is 4.74 Å². The van der Waals surface area contributed by atoms with Crippen molar-refractivity contribution < 1.29 is 22.7 Å². The predicted molar refractivity (Wildman–Crippen MR) is 90.2 cm³/mol. The first-order chi connectivity index (χ1) is 12.2. The van der Waals surface area contributed by atoms with Gasteiger partial charge in [-0.05, 0) is 43.2 Å². The number of hydrogen-bond acceptors (Lipinski definition) is 3. The zero-order chi connectivity index (χ0) is 18.9. The average Bonchev–Trinajstić information content (AvgIpc) is 2.53. The highest BCUT2D eigenvalue weighted by molar-refractivity contribution is 5.90. The number of amides is 2. The minimum absolute atomic E-state index is 0.0981. The molecule has 5 nitrogen and oxygen atoms in total. The Morgan fingerprint density at radius 3 is 2.58 bits per heavy atom. The SMILES string of the molecule is Cc1ccc(NC(=O)N2CC(Oc3cccc(C(F)(F)F)n3)C2)cc1C. The summed E-state index contributed by atoms with van der Waals surface area (Å²) in [6.07, 6.45) is -4.90. The number of benzene rings is 1. The van der Waals surface area contributed by atoms with Crippen LogP contribution in [-0.2, 0) is 6.18 Å². The van der Waals surface area contributed by atoms with E-state index in [0.717, 1.165) is 17.2 Å². The summed E-state index contributed by atoms with van der Waals surface area (Å²) in [5, 5.41) is 2.79. The fraction of sp³-hybridized carbons (Fsp3) is 0.333. The Hall–Kier alpha value is -2.77. The molecule has 1 saturated heterocycles. The second-order valence-electron chi connectivity index (χ2n) is 6.23. The van der Waals surface area contributed by atoms with Crippen LogP contribution in [0.1, 0.15) is 16.8 Å². The summed E-state index contributed by atoms with van der Waals surface area (Å²) < 4.78 is 43.4. The molecule has 1 aliphatic rings. The normalized spacial score (nSPS) is 14.7. The van der Waals surface area contributed by atoms with Crippen LogP contribution in [0.25, 0.3) is 0 Å². The Kier molecular flexibility index (Phi) is 4.76. The molecule has 2 heterocycles. The first kappa shape index (κ1) is 18.0. The largest absolute Gasteiger partial charge is 0.471 e. The molecule has 0 saturated carbocycles. The van der Waals surface area contributed by atoms with Gasteiger partial charge < -0.3 is 15.0 Å². The zero-order valence-electron chi connectivity index (χ0n) is 14.3. The van der Waals surface area contributed by atoms with Gasteiger partial charge in [-0.25, -0.2) is 9.78 Å². The number of rotatable bonds is 3. The van der Waals surface area contributed by atoms with E-state index in [1.54, 1.807) is 0 Å². The summed E-state index contributed by atoms with van der Waals surface area (Å²) in [5.74, 6) is -0.0981. The van der Waals surface area contributed by atoms with Gasteiger partial charge in [0.05, 0.1) is 13.1 Å². The quantitative estimate of drug-likeness (QED) is 0.894. The molecule has 1 N–H and O–H groups in total. The molecule has 0 atom stereocenters. The van der Waals surface area contributed by atoms with Gasteiger partial charge in [0, 0.05) is 11.8 Å². The molecule has 138 valence electrons. The Bertz CT molecular complexity index is 818. The number of nitrogens with zero attached hydrogens (tertiary/aromatic N) is 2. The highest BCUT2D eigenvalue weighted by Crippen LogP contribution is 2.29. The van der Waals surface area contributed by atoms with Crippen molar-refractivity contribution in [2.24, 2.45) is 0 Å². The van der Waals surface area contributed by atoms with Gasteiger partial charge in [0.25, 0.3) is 0 Å². The molecule has 0 bridgehead atoms. The van der Waals surface area contributed by atoms with E-state index < -0.39 is 11.9 Å². The van der Waals surface area contributed by atoms with Gasteiger partial charge in [-0.3, -0.25) is 0 Å². The number of carbonyl (C=O) groups excluding carboxylic acids is 1. The van der Waals surface area contributed by atoms with Crippen molar-refractivity contribution >= 4 is 11.7 Å². The monoisotopic (exact) mass is 365 g/mol. The van der Waals surface area contributed by atoms with Crippen molar-refractivity contribution in [2.45, 2.75) is 26.1 Å². The predicted octanol–water partition coefficient (Wildman–Crippen LogP) is 4.01. The molecule has 2 aromatic rings. The van der Waals surface area contributed by atoms with Crippen molar-refractivity contribution in [2.75, 3.05) is 18.4 Å². The average molecular weight is 365 g/mol. The molecule has 0 radical (unpaired) electrons. The maximum atomic E-state index is 12.7. The van der Waals surface area contributed by atoms with Crippen LogP contribution in [0.2, 0.25) is 0 Å². The van der Waals surface area contributed by atoms with Crippen LogP contribution in [-0.4, -0.2) is 35.1 Å². The summed E-state index contributed by atoms with van der Waals surface area (Å²) in [6, 6.07) is 8.85. The number of hydrogen-bond donors (Lipinski definition) is 1. The number of carbonyl (C=O) groups is 1. The number of aryl methyl sites for hydroxylation is 2. The number of alkyl halides is 3. The lowest BCUT2D eigenvalue weighted by molar-refractivity contribution is -0.141. The molecule has 2 amide bonds. The third-order valence-electron chi connectivity index (χ3n) is 4.19. The third kappa shape index (κ3) is 4.07. The minimum Gasteiger partial charge on any atom is -0.471 e. The van der Waals surface area contributed by atoms with Crippen LogP contribution < -0.4 is 10.1 Å². The third-order valence-corrected chi connectivity index (χ3v) is 4.19. The van der Waals surface area contributed by atoms with Crippen LogP contribution in [0.5, 0.6) is 5.88 Å². The molecule has 1 aromatic heterocycles. The lowest BCUT2D eigenvalue weighted by atomic mass is 10.1. The highest BCUT2D eigenvalue weighted by atomic mass is 19.4. The first-order valence-corrected chi connectivity index (χ1v) is 8.06. The Balaban J connectivity index is 1.52. The zero-order valence-corrected chi connectivity index (χ0v) is 14.3. The lowest BCUT2D eigenvalue weighted by Gasteiger charge is -2.38. The van der Waals surface area contributed by atoms with E-state index in [1.807, 2.05) is 32.0 Å². The molecule has 0 spiro atoms. The first-order valence-electron chi connectivity index (χ1n) is 8.06. The van der Waals surface area contributed by atoms with Crippen molar-refractivity contribution in [3.63, 3.8) is 0 Å². The number of halogens is 3. The molecule has 3 rings (SSSR count). The molecule has 1 aliphatic heterocycles. The molecular formula is C18H18F3N3O2. The van der Waals surface area contributed by atoms with E-state index in [9.17, 15) is 18.0 Å². The van der Waals surface area contributed by atoms with E-state index in [1.165, 1.54) is 17.0 Å². The van der Waals surface area contributed by atoms with Gasteiger partial charge in [0.2, 0.25) is 5.88 Å². The lowest BCUT2D eigenvalue weighted by Crippen LogP contribution is -2.57. The van der Waals surface area contributed by atoms with Crippen molar-refractivity contribution in [1.82, 2.24) is 9.88 Å². The van der Waals surface area contributed by atoms with E-state index >= 15 is 0 Å². The number of likely N-dealkylation sites (tertiary alicyclic amines) is 1. The highest BCUT2D eigenvalue weighted by Gasteiger charge is 2.35. The van der Waals surface area contributed by atoms with Crippen LogP contribution in [0.3, 0.4) is 0 Å². The maximum Gasteiger partial charge on any atom is 0.433 e. The second-order valence-corrected chi connectivity index (χ2v) is 6.23. The summed E-state index contributed by atoms with van der Waals surface area (Å²) >= 11 is 0. The number of anilines is 1. The molecule has 26 heavy (non-hydrogen) atoms. The van der Waals surface area contributed by atoms with Gasteiger partial charge in [-0.1, -0.05) is 12.1 Å². The van der Waals surface area contributed by atoms with Crippen LogP contribution in [0, 0.1) is 13.8 Å². The fourth-order valence-corrected chi connectivity index (χ4v) is 2.51. The molecule has 1 fully saturated rings. The van der Waals surface area contributed by atoms with Crippen molar-refractivity contribution in [3.8, 4) is 5.88 Å². The van der Waals surface area contributed by atoms with E-state index in [0.29, 0.717) is 5.69 Å². The van der Waals surface area contributed by atoms with Crippen molar-refractivity contribution in [1.29, 1.82) is 0 Å². The Labute approximate surface area is 148 Å². The van der Waals surface area contributed by atoms with Gasteiger partial charge in [0.15, 0.2) is 0 Å². The number of ether oxygens (including phenoxy) is 1. The van der Waals surface area contributed by atoms with Crippen LogP contribution in [0.4, 0.5) is 23.7 Å². The summed E-state index contributed by atoms with van der Waals surface area (Å²) in [5.41, 5.74) is 1.90. The molecule has 0 unspecified atom stereocenters. The summed E-state index contributed by atoms with van der Waals surface area (Å²) in [4.78, 5) is 17.1. The smallest absolute Gasteiger partial charge is 0.433 e. The van der Waals surface area contributed by atoms with Gasteiger partial charge in [-0.2, -0.15) is 13.2 Å². The number of nitrogens with one attached hydrogen (secondary N) is 1. The Morgan fingerprint density at radius 2 is 1.92 bits per heavy atom. The molecule has 1 aromatic carbocycles.